The van der Waals surface area contributed by atoms with Crippen molar-refractivity contribution in [1.29, 1.82) is 0 Å². The molecule has 0 aliphatic carbocycles. The van der Waals surface area contributed by atoms with E-state index in [1.54, 1.807) is 37.9 Å². The maximum Gasteiger partial charge on any atom is 0.271 e. The number of amides is 2. The van der Waals surface area contributed by atoms with Gasteiger partial charge in [0.05, 0.1) is 17.2 Å². The number of aromatic nitrogens is 1. The fraction of sp³-hybridized carbons (Fsp3) is 0.353. The van der Waals surface area contributed by atoms with Gasteiger partial charge in [0.1, 0.15) is 5.76 Å². The molecule has 0 aliphatic heterocycles. The number of benzene rings is 1. The lowest BCUT2D eigenvalue weighted by molar-refractivity contribution is -0.384. The predicted molar refractivity (Wildman–Crippen MR) is 98.4 cm³/mol. The first-order chi connectivity index (χ1) is 12.7. The van der Waals surface area contributed by atoms with Crippen molar-refractivity contribution in [1.82, 2.24) is 10.1 Å². The van der Waals surface area contributed by atoms with Crippen LogP contribution >= 0.6 is 0 Å². The van der Waals surface area contributed by atoms with Crippen molar-refractivity contribution >= 4 is 29.0 Å². The van der Waals surface area contributed by atoms with E-state index in [2.05, 4.69) is 15.8 Å². The van der Waals surface area contributed by atoms with Crippen LogP contribution in [0.1, 0.15) is 17.7 Å². The summed E-state index contributed by atoms with van der Waals surface area (Å²) in [5, 5.41) is 19.8. The lowest BCUT2D eigenvalue weighted by atomic mass is 10.1. The van der Waals surface area contributed by atoms with Gasteiger partial charge in [-0.2, -0.15) is 0 Å². The Balaban J connectivity index is 1.80. The van der Waals surface area contributed by atoms with Gasteiger partial charge in [0.2, 0.25) is 11.8 Å². The zero-order valence-electron chi connectivity index (χ0n) is 15.3. The number of nitro benzene ring substituents is 1. The summed E-state index contributed by atoms with van der Waals surface area (Å²) in [7, 11) is 1.71. The fourth-order valence-electron chi connectivity index (χ4n) is 2.30. The highest BCUT2D eigenvalue weighted by Crippen LogP contribution is 2.21. The lowest BCUT2D eigenvalue weighted by Crippen LogP contribution is -2.32. The van der Waals surface area contributed by atoms with E-state index in [0.29, 0.717) is 23.8 Å². The molecule has 2 N–H and O–H groups in total. The first kappa shape index (κ1) is 20.0. The first-order valence-electron chi connectivity index (χ1n) is 8.21. The normalized spacial score (nSPS) is 10.7. The van der Waals surface area contributed by atoms with E-state index in [1.807, 2.05) is 0 Å². The number of nitro groups is 1. The van der Waals surface area contributed by atoms with Gasteiger partial charge in [0.25, 0.3) is 5.69 Å². The van der Waals surface area contributed by atoms with E-state index >= 15 is 0 Å². The molecule has 1 aromatic carbocycles. The molecule has 0 radical (unpaired) electrons. The minimum absolute atomic E-state index is 0.0784. The molecule has 0 unspecified atom stereocenters. The first-order valence-corrected chi connectivity index (χ1v) is 8.21. The number of nitrogens with one attached hydrogen (secondary N) is 2. The van der Waals surface area contributed by atoms with E-state index in [9.17, 15) is 19.7 Å². The van der Waals surface area contributed by atoms with Crippen molar-refractivity contribution in [2.24, 2.45) is 0 Å². The van der Waals surface area contributed by atoms with E-state index in [-0.39, 0.29) is 30.5 Å². The Morgan fingerprint density at radius 3 is 2.59 bits per heavy atom. The number of hydrogen-bond acceptors (Lipinski definition) is 7. The second-order valence-electron chi connectivity index (χ2n) is 6.16. The van der Waals surface area contributed by atoms with Gasteiger partial charge >= 0.3 is 0 Å². The Bertz CT molecular complexity index is 848. The Labute approximate surface area is 155 Å². The van der Waals surface area contributed by atoms with Crippen molar-refractivity contribution in [2.45, 2.75) is 20.3 Å². The standard InChI is InChI=1S/C17H21N5O5/c1-11-4-5-13(22(25)26)9-14(11)18-16(23)6-7-21(3)10-17(24)19-15-8-12(2)27-20-15/h4-5,8-9H,6-7,10H2,1-3H3,(H,18,23)(H,19,20,24). The van der Waals surface area contributed by atoms with Crippen LogP contribution < -0.4 is 10.6 Å². The third kappa shape index (κ3) is 6.19. The number of non-ortho nitro benzene ring substituents is 1. The van der Waals surface area contributed by atoms with Crippen LogP contribution in [-0.2, 0) is 9.59 Å². The fourth-order valence-corrected chi connectivity index (χ4v) is 2.30. The number of likely N-dealkylation sites (N-methyl/N-ethyl adjacent to an activating group) is 1. The topological polar surface area (TPSA) is 131 Å². The number of nitrogens with zero attached hydrogens (tertiary/aromatic N) is 3. The number of aryl methyl sites for hydroxylation is 2. The summed E-state index contributed by atoms with van der Waals surface area (Å²) in [4.78, 5) is 36.0. The molecule has 1 aromatic heterocycles. The van der Waals surface area contributed by atoms with Crippen molar-refractivity contribution in [2.75, 3.05) is 30.8 Å². The molecule has 0 bridgehead atoms. The summed E-state index contributed by atoms with van der Waals surface area (Å²) >= 11 is 0. The van der Waals surface area contributed by atoms with E-state index in [0.717, 1.165) is 5.56 Å². The maximum absolute atomic E-state index is 12.1. The smallest absolute Gasteiger partial charge is 0.271 e. The van der Waals surface area contributed by atoms with Crippen LogP contribution in [-0.4, -0.2) is 46.9 Å². The number of carbonyl (C=O) groups is 2. The summed E-state index contributed by atoms with van der Waals surface area (Å²) in [5.74, 6) is 0.357. The summed E-state index contributed by atoms with van der Waals surface area (Å²) in [6.45, 7) is 3.89. The van der Waals surface area contributed by atoms with Crippen LogP contribution in [0.2, 0.25) is 0 Å². The molecule has 1 heterocycles. The molecule has 2 amide bonds. The van der Waals surface area contributed by atoms with Crippen LogP contribution in [0, 0.1) is 24.0 Å². The van der Waals surface area contributed by atoms with E-state index < -0.39 is 4.92 Å². The van der Waals surface area contributed by atoms with Gasteiger partial charge in [-0.3, -0.25) is 24.6 Å². The average molecular weight is 375 g/mol. The number of carbonyl (C=O) groups excluding carboxylic acids is 2. The van der Waals surface area contributed by atoms with Gasteiger partial charge in [-0.1, -0.05) is 11.2 Å². The van der Waals surface area contributed by atoms with Crippen molar-refractivity contribution in [3.63, 3.8) is 0 Å². The SMILES string of the molecule is Cc1cc(NC(=O)CN(C)CCC(=O)Nc2cc([N+](=O)[O-])ccc2C)no1. The van der Waals surface area contributed by atoms with Crippen molar-refractivity contribution < 1.29 is 19.0 Å². The Morgan fingerprint density at radius 1 is 1.22 bits per heavy atom. The molecule has 0 fully saturated rings. The molecule has 0 saturated carbocycles. The molecule has 2 aromatic rings. The molecule has 0 atom stereocenters. The highest BCUT2D eigenvalue weighted by molar-refractivity contribution is 5.92. The third-order valence-electron chi connectivity index (χ3n) is 3.74. The van der Waals surface area contributed by atoms with Crippen LogP contribution in [0.3, 0.4) is 0 Å². The summed E-state index contributed by atoms with van der Waals surface area (Å²) < 4.78 is 4.87. The molecule has 0 aliphatic rings. The van der Waals surface area contributed by atoms with Crippen LogP contribution in [0.25, 0.3) is 0 Å². The van der Waals surface area contributed by atoms with Crippen LogP contribution in [0.15, 0.2) is 28.8 Å². The second-order valence-corrected chi connectivity index (χ2v) is 6.16. The maximum atomic E-state index is 12.1. The largest absolute Gasteiger partial charge is 0.360 e. The Kier molecular flexibility index (Phi) is 6.61. The van der Waals surface area contributed by atoms with Crippen LogP contribution in [0.4, 0.5) is 17.2 Å². The Hall–Kier alpha value is -3.27. The molecule has 144 valence electrons. The lowest BCUT2D eigenvalue weighted by Gasteiger charge is -2.15. The quantitative estimate of drug-likeness (QED) is 0.533. The minimum Gasteiger partial charge on any atom is -0.360 e. The Morgan fingerprint density at radius 2 is 1.96 bits per heavy atom. The van der Waals surface area contributed by atoms with Crippen molar-refractivity contribution in [3.8, 4) is 0 Å². The van der Waals surface area contributed by atoms with Gasteiger partial charge in [-0.05, 0) is 26.5 Å². The third-order valence-corrected chi connectivity index (χ3v) is 3.74. The van der Waals surface area contributed by atoms with Gasteiger partial charge < -0.3 is 15.2 Å². The highest BCUT2D eigenvalue weighted by Gasteiger charge is 2.13. The predicted octanol–water partition coefficient (Wildman–Crippen LogP) is 2.10. The monoisotopic (exact) mass is 375 g/mol. The van der Waals surface area contributed by atoms with E-state index in [1.165, 1.54) is 12.1 Å². The van der Waals surface area contributed by atoms with Crippen molar-refractivity contribution in [3.05, 3.63) is 45.7 Å². The van der Waals surface area contributed by atoms with Crippen LogP contribution in [0.5, 0.6) is 0 Å². The summed E-state index contributed by atoms with van der Waals surface area (Å²) in [5.41, 5.74) is 1.04. The molecule has 0 saturated heterocycles. The second kappa shape index (κ2) is 8.90. The zero-order chi connectivity index (χ0) is 20.0. The summed E-state index contributed by atoms with van der Waals surface area (Å²) in [6.07, 6.45) is 0.134. The van der Waals surface area contributed by atoms with Gasteiger partial charge in [0.15, 0.2) is 5.82 Å². The molecule has 2 rings (SSSR count). The van der Waals surface area contributed by atoms with Gasteiger partial charge in [-0.25, -0.2) is 0 Å². The zero-order valence-corrected chi connectivity index (χ0v) is 15.3. The molecule has 10 heteroatoms. The number of anilines is 2. The molecule has 0 spiro atoms. The molecule has 10 nitrogen and oxygen atoms in total. The molecular formula is C17H21N5O5. The average Bonchev–Trinajstić information content (AvgIpc) is 2.99. The highest BCUT2D eigenvalue weighted by atomic mass is 16.6. The van der Waals surface area contributed by atoms with E-state index in [4.69, 9.17) is 4.52 Å². The minimum atomic E-state index is -0.516. The summed E-state index contributed by atoms with van der Waals surface area (Å²) in [6, 6.07) is 5.89. The number of rotatable bonds is 8. The van der Waals surface area contributed by atoms with Gasteiger partial charge in [0, 0.05) is 31.2 Å². The number of hydrogen-bond donors (Lipinski definition) is 2. The molecule has 27 heavy (non-hydrogen) atoms. The molecular weight excluding hydrogens is 354 g/mol. The van der Waals surface area contributed by atoms with Gasteiger partial charge in [-0.15, -0.1) is 0 Å².